The van der Waals surface area contributed by atoms with E-state index in [1.54, 1.807) is 35.4 Å². The molecule has 1 N–H and O–H groups in total. The largest absolute Gasteiger partial charge is 0.353 e. The number of anilines is 2. The van der Waals surface area contributed by atoms with Gasteiger partial charge >= 0.3 is 0 Å². The minimum absolute atomic E-state index is 0.149. The molecule has 150 valence electrons. The van der Waals surface area contributed by atoms with Crippen LogP contribution in [0.4, 0.5) is 15.9 Å². The van der Waals surface area contributed by atoms with E-state index >= 15 is 0 Å². The zero-order valence-corrected chi connectivity index (χ0v) is 16.1. The van der Waals surface area contributed by atoms with Crippen LogP contribution in [-0.2, 0) is 4.79 Å². The van der Waals surface area contributed by atoms with E-state index in [-0.39, 0.29) is 17.8 Å². The summed E-state index contributed by atoms with van der Waals surface area (Å²) in [6.45, 7) is 4.75. The molecule has 29 heavy (non-hydrogen) atoms. The summed E-state index contributed by atoms with van der Waals surface area (Å²) < 4.78 is 15.0. The average Bonchev–Trinajstić information content (AvgIpc) is 3.28. The zero-order valence-electron chi connectivity index (χ0n) is 16.1. The van der Waals surface area contributed by atoms with Crippen LogP contribution in [0, 0.1) is 5.82 Å². The van der Waals surface area contributed by atoms with Gasteiger partial charge in [0.05, 0.1) is 18.4 Å². The fraction of sp³-hybridized carbons (Fsp3) is 0.300. The molecule has 4 rings (SSSR count). The molecule has 0 saturated carbocycles. The topological polar surface area (TPSA) is 79.2 Å². The van der Waals surface area contributed by atoms with Gasteiger partial charge in [0.2, 0.25) is 5.91 Å². The molecule has 8 nitrogen and oxygen atoms in total. The zero-order chi connectivity index (χ0) is 20.2. The Balaban J connectivity index is 1.35. The van der Waals surface area contributed by atoms with Gasteiger partial charge in [-0.25, -0.2) is 14.1 Å². The van der Waals surface area contributed by atoms with E-state index in [2.05, 4.69) is 30.2 Å². The number of piperazine rings is 1. The molecule has 1 amide bonds. The monoisotopic (exact) mass is 395 g/mol. The Morgan fingerprint density at radius 2 is 1.93 bits per heavy atom. The molecule has 1 atom stereocenters. The summed E-state index contributed by atoms with van der Waals surface area (Å²) in [6, 6.07) is 7.44. The van der Waals surface area contributed by atoms with Crippen molar-refractivity contribution >= 4 is 17.4 Å². The lowest BCUT2D eigenvalue weighted by Crippen LogP contribution is -2.53. The van der Waals surface area contributed by atoms with Gasteiger partial charge in [-0.3, -0.25) is 14.7 Å². The Morgan fingerprint density at radius 1 is 1.14 bits per heavy atom. The van der Waals surface area contributed by atoms with Crippen molar-refractivity contribution in [1.29, 1.82) is 0 Å². The number of hydrogen-bond acceptors (Lipinski definition) is 6. The van der Waals surface area contributed by atoms with Crippen molar-refractivity contribution in [2.75, 3.05) is 36.4 Å². The summed E-state index contributed by atoms with van der Waals surface area (Å²) in [5, 5.41) is 6.97. The highest BCUT2D eigenvalue weighted by atomic mass is 19.1. The number of benzene rings is 1. The molecule has 0 aliphatic carbocycles. The summed E-state index contributed by atoms with van der Waals surface area (Å²) >= 11 is 0. The van der Waals surface area contributed by atoms with E-state index in [1.807, 2.05) is 19.2 Å². The molecule has 1 saturated heterocycles. The molecular formula is C20H22FN7O. The lowest BCUT2D eigenvalue weighted by atomic mass is 10.2. The predicted molar refractivity (Wildman–Crippen MR) is 107 cm³/mol. The first-order chi connectivity index (χ1) is 14.1. The van der Waals surface area contributed by atoms with Gasteiger partial charge < -0.3 is 10.2 Å². The molecule has 0 unspecified atom stereocenters. The SMILES string of the molecule is C[C@H](C(=O)Nc1cccc(F)c1)N1CCN(c2cncc(-n3cccn3)n2)CC1. The molecule has 1 fully saturated rings. The Labute approximate surface area is 168 Å². The van der Waals surface area contributed by atoms with Gasteiger partial charge in [0.15, 0.2) is 5.82 Å². The second kappa shape index (κ2) is 8.36. The summed E-state index contributed by atoms with van der Waals surface area (Å²) in [7, 11) is 0. The Hall–Kier alpha value is -3.33. The minimum Gasteiger partial charge on any atom is -0.353 e. The highest BCUT2D eigenvalue weighted by Crippen LogP contribution is 2.17. The molecule has 1 aliphatic heterocycles. The maximum Gasteiger partial charge on any atom is 0.241 e. The van der Waals surface area contributed by atoms with Crippen LogP contribution < -0.4 is 10.2 Å². The molecule has 9 heteroatoms. The van der Waals surface area contributed by atoms with Crippen LogP contribution in [-0.4, -0.2) is 62.8 Å². The fourth-order valence-corrected chi connectivity index (χ4v) is 3.33. The lowest BCUT2D eigenvalue weighted by Gasteiger charge is -2.37. The first-order valence-electron chi connectivity index (χ1n) is 9.47. The fourth-order valence-electron chi connectivity index (χ4n) is 3.33. The number of amides is 1. The van der Waals surface area contributed by atoms with Gasteiger partial charge in [-0.2, -0.15) is 5.10 Å². The van der Waals surface area contributed by atoms with Crippen LogP contribution in [0.1, 0.15) is 6.92 Å². The second-order valence-electron chi connectivity index (χ2n) is 6.88. The smallest absolute Gasteiger partial charge is 0.241 e. The Kier molecular flexibility index (Phi) is 5.48. The first-order valence-corrected chi connectivity index (χ1v) is 9.47. The van der Waals surface area contributed by atoms with Crippen molar-refractivity contribution in [3.05, 3.63) is 60.9 Å². The second-order valence-corrected chi connectivity index (χ2v) is 6.88. The molecule has 2 aromatic heterocycles. The molecule has 3 aromatic rings. The third-order valence-corrected chi connectivity index (χ3v) is 5.01. The number of rotatable bonds is 5. The van der Waals surface area contributed by atoms with Crippen molar-refractivity contribution in [3.8, 4) is 5.82 Å². The van der Waals surface area contributed by atoms with E-state index in [9.17, 15) is 9.18 Å². The minimum atomic E-state index is -0.373. The third kappa shape index (κ3) is 4.40. The summed E-state index contributed by atoms with van der Waals surface area (Å²) in [4.78, 5) is 25.7. The van der Waals surface area contributed by atoms with Crippen LogP contribution in [0.25, 0.3) is 5.82 Å². The first kappa shape index (κ1) is 19.0. The number of carbonyl (C=O) groups excluding carboxylic acids is 1. The van der Waals surface area contributed by atoms with Gasteiger partial charge in [-0.05, 0) is 31.2 Å². The molecule has 1 aromatic carbocycles. The van der Waals surface area contributed by atoms with Gasteiger partial charge in [0.25, 0.3) is 0 Å². The van der Waals surface area contributed by atoms with Crippen molar-refractivity contribution in [3.63, 3.8) is 0 Å². The molecule has 0 radical (unpaired) electrons. The molecular weight excluding hydrogens is 373 g/mol. The van der Waals surface area contributed by atoms with Crippen LogP contribution in [0.3, 0.4) is 0 Å². The predicted octanol–water partition coefficient (Wildman–Crippen LogP) is 1.95. The lowest BCUT2D eigenvalue weighted by molar-refractivity contribution is -0.120. The van der Waals surface area contributed by atoms with Gasteiger partial charge in [-0.1, -0.05) is 6.07 Å². The van der Waals surface area contributed by atoms with Gasteiger partial charge in [0.1, 0.15) is 11.6 Å². The number of aromatic nitrogens is 4. The number of carbonyl (C=O) groups is 1. The molecule has 0 bridgehead atoms. The van der Waals surface area contributed by atoms with Gasteiger partial charge in [0, 0.05) is 44.3 Å². The quantitative estimate of drug-likeness (QED) is 0.711. The third-order valence-electron chi connectivity index (χ3n) is 5.01. The van der Waals surface area contributed by atoms with E-state index in [0.29, 0.717) is 24.6 Å². The van der Waals surface area contributed by atoms with Crippen molar-refractivity contribution in [1.82, 2.24) is 24.6 Å². The normalized spacial score (nSPS) is 15.9. The molecule has 3 heterocycles. The molecule has 0 spiro atoms. The van der Waals surface area contributed by atoms with E-state index < -0.39 is 0 Å². The Bertz CT molecular complexity index is 970. The number of hydrogen-bond donors (Lipinski definition) is 1. The summed E-state index contributed by atoms with van der Waals surface area (Å²) in [6.07, 6.45) is 6.93. The van der Waals surface area contributed by atoms with Crippen molar-refractivity contribution in [2.45, 2.75) is 13.0 Å². The van der Waals surface area contributed by atoms with E-state index in [0.717, 1.165) is 18.9 Å². The highest BCUT2D eigenvalue weighted by Gasteiger charge is 2.26. The number of nitrogens with one attached hydrogen (secondary N) is 1. The van der Waals surface area contributed by atoms with E-state index in [4.69, 9.17) is 0 Å². The Morgan fingerprint density at radius 3 is 2.66 bits per heavy atom. The van der Waals surface area contributed by atoms with E-state index in [1.165, 1.54) is 12.1 Å². The highest BCUT2D eigenvalue weighted by molar-refractivity contribution is 5.94. The number of halogens is 1. The van der Waals surface area contributed by atoms with Crippen molar-refractivity contribution in [2.24, 2.45) is 0 Å². The van der Waals surface area contributed by atoms with Crippen LogP contribution in [0.2, 0.25) is 0 Å². The standard InChI is InChI=1S/C20H22FN7O/c1-15(20(29)24-17-5-2-4-16(21)12-17)26-8-10-27(11-9-26)18-13-22-14-19(25-18)28-7-3-6-23-28/h2-7,12-15H,8-11H2,1H3,(H,24,29)/t15-/m1/s1. The maximum absolute atomic E-state index is 13.3. The van der Waals surface area contributed by atoms with Crippen LogP contribution >= 0.6 is 0 Å². The average molecular weight is 395 g/mol. The van der Waals surface area contributed by atoms with Crippen molar-refractivity contribution < 1.29 is 9.18 Å². The number of nitrogens with zero attached hydrogens (tertiary/aromatic N) is 6. The summed E-state index contributed by atoms with van der Waals surface area (Å²) in [5.74, 6) is 0.930. The van der Waals surface area contributed by atoms with Crippen LogP contribution in [0.5, 0.6) is 0 Å². The molecule has 1 aliphatic rings. The van der Waals surface area contributed by atoms with Crippen LogP contribution in [0.15, 0.2) is 55.1 Å². The maximum atomic E-state index is 13.3. The van der Waals surface area contributed by atoms with Gasteiger partial charge in [-0.15, -0.1) is 0 Å². The summed E-state index contributed by atoms with van der Waals surface area (Å²) in [5.41, 5.74) is 0.464.